The molecule has 0 saturated heterocycles. The van der Waals surface area contributed by atoms with Gasteiger partial charge < -0.3 is 11.1 Å². The van der Waals surface area contributed by atoms with Gasteiger partial charge in [-0.2, -0.15) is 0 Å². The van der Waals surface area contributed by atoms with Gasteiger partial charge in [-0.1, -0.05) is 25.8 Å². The van der Waals surface area contributed by atoms with Gasteiger partial charge in [0.1, 0.15) is 0 Å². The number of nitrogens with one attached hydrogen (secondary N) is 1. The summed E-state index contributed by atoms with van der Waals surface area (Å²) in [5.74, 6) is 0.493. The summed E-state index contributed by atoms with van der Waals surface area (Å²) >= 11 is 0. The van der Waals surface area contributed by atoms with Crippen molar-refractivity contribution in [2.24, 2.45) is 11.7 Å². The molecular weight excluding hydrogens is 236 g/mol. The lowest BCUT2D eigenvalue weighted by atomic mass is 9.76. The van der Waals surface area contributed by atoms with E-state index < -0.39 is 5.54 Å². The SMILES string of the molecule is Cc1cc(C)cc(NC(=O)C2(N)CCCC(C)C2)c1. The number of aryl methyl sites for hydroxylation is 2. The van der Waals surface area contributed by atoms with Gasteiger partial charge in [-0.3, -0.25) is 4.79 Å². The van der Waals surface area contributed by atoms with Crippen LogP contribution in [0.15, 0.2) is 18.2 Å². The highest BCUT2D eigenvalue weighted by Crippen LogP contribution is 2.31. The van der Waals surface area contributed by atoms with E-state index in [0.29, 0.717) is 5.92 Å². The number of carbonyl (C=O) groups is 1. The lowest BCUT2D eigenvalue weighted by Crippen LogP contribution is -2.53. The van der Waals surface area contributed by atoms with Gasteiger partial charge in [0.25, 0.3) is 0 Å². The van der Waals surface area contributed by atoms with Crippen LogP contribution in [0, 0.1) is 19.8 Å². The topological polar surface area (TPSA) is 55.1 Å². The molecule has 3 N–H and O–H groups in total. The van der Waals surface area contributed by atoms with E-state index in [1.807, 2.05) is 26.0 Å². The maximum absolute atomic E-state index is 12.4. The number of nitrogens with two attached hydrogens (primary N) is 1. The Morgan fingerprint density at radius 3 is 2.53 bits per heavy atom. The maximum Gasteiger partial charge on any atom is 0.244 e. The molecule has 1 aliphatic carbocycles. The standard InChI is InChI=1S/C16H24N2O/c1-11-5-4-6-16(17,10-11)15(19)18-14-8-12(2)7-13(3)9-14/h7-9,11H,4-6,10,17H2,1-3H3,(H,18,19). The first-order valence-electron chi connectivity index (χ1n) is 7.08. The van der Waals surface area contributed by atoms with Gasteiger partial charge in [-0.25, -0.2) is 0 Å². The molecule has 2 rings (SSSR count). The molecule has 1 fully saturated rings. The molecule has 0 spiro atoms. The van der Waals surface area contributed by atoms with E-state index >= 15 is 0 Å². The number of benzene rings is 1. The molecule has 0 radical (unpaired) electrons. The Bertz CT molecular complexity index is 463. The van der Waals surface area contributed by atoms with Crippen molar-refractivity contribution in [2.75, 3.05) is 5.32 Å². The van der Waals surface area contributed by atoms with Gasteiger partial charge >= 0.3 is 0 Å². The predicted molar refractivity (Wildman–Crippen MR) is 79.1 cm³/mol. The van der Waals surface area contributed by atoms with E-state index in [-0.39, 0.29) is 5.91 Å². The molecule has 19 heavy (non-hydrogen) atoms. The largest absolute Gasteiger partial charge is 0.324 e. The van der Waals surface area contributed by atoms with Crippen LogP contribution in [0.4, 0.5) is 5.69 Å². The van der Waals surface area contributed by atoms with Crippen molar-refractivity contribution >= 4 is 11.6 Å². The molecule has 3 nitrogen and oxygen atoms in total. The number of rotatable bonds is 2. The zero-order valence-electron chi connectivity index (χ0n) is 12.1. The highest BCUT2D eigenvalue weighted by molar-refractivity contribution is 5.98. The van der Waals surface area contributed by atoms with Gasteiger partial charge in [-0.15, -0.1) is 0 Å². The number of hydrogen-bond donors (Lipinski definition) is 2. The molecule has 3 heteroatoms. The average Bonchev–Trinajstić information content (AvgIpc) is 2.26. The minimum atomic E-state index is -0.699. The second-order valence-electron chi connectivity index (χ2n) is 6.19. The van der Waals surface area contributed by atoms with Gasteiger partial charge in [0.15, 0.2) is 0 Å². The second-order valence-corrected chi connectivity index (χ2v) is 6.19. The minimum Gasteiger partial charge on any atom is -0.324 e. The van der Waals surface area contributed by atoms with Crippen LogP contribution in [0.2, 0.25) is 0 Å². The lowest BCUT2D eigenvalue weighted by molar-refractivity contribution is -0.122. The lowest BCUT2D eigenvalue weighted by Gasteiger charge is -2.35. The van der Waals surface area contributed by atoms with Crippen molar-refractivity contribution in [1.82, 2.24) is 0 Å². The van der Waals surface area contributed by atoms with Crippen molar-refractivity contribution in [2.45, 2.75) is 52.0 Å². The Morgan fingerprint density at radius 2 is 1.95 bits per heavy atom. The fraction of sp³-hybridized carbons (Fsp3) is 0.562. The Labute approximate surface area is 115 Å². The Hall–Kier alpha value is -1.35. The van der Waals surface area contributed by atoms with Crippen LogP contribution in [0.25, 0.3) is 0 Å². The molecule has 2 atom stereocenters. The first kappa shape index (κ1) is 14.1. The van der Waals surface area contributed by atoms with E-state index in [4.69, 9.17) is 5.73 Å². The number of carbonyl (C=O) groups excluding carboxylic acids is 1. The molecule has 1 aliphatic rings. The highest BCUT2D eigenvalue weighted by Gasteiger charge is 2.37. The summed E-state index contributed by atoms with van der Waals surface area (Å²) in [5, 5.41) is 2.99. The van der Waals surface area contributed by atoms with Crippen LogP contribution >= 0.6 is 0 Å². The molecule has 1 saturated carbocycles. The third-order valence-corrected chi connectivity index (χ3v) is 3.96. The molecule has 1 aromatic carbocycles. The van der Waals surface area contributed by atoms with Gasteiger partial charge in [0.2, 0.25) is 5.91 Å². The molecular formula is C16H24N2O. The quantitative estimate of drug-likeness (QED) is 0.858. The molecule has 104 valence electrons. The molecule has 0 heterocycles. The summed E-state index contributed by atoms with van der Waals surface area (Å²) in [6.45, 7) is 6.23. The summed E-state index contributed by atoms with van der Waals surface area (Å²) in [4.78, 5) is 12.4. The normalized spacial score (nSPS) is 27.1. The van der Waals surface area contributed by atoms with Crippen LogP contribution in [-0.4, -0.2) is 11.4 Å². The van der Waals surface area contributed by atoms with E-state index in [1.54, 1.807) is 0 Å². The molecule has 1 amide bonds. The van der Waals surface area contributed by atoms with Gasteiger partial charge in [-0.05, 0) is 55.9 Å². The number of hydrogen-bond acceptors (Lipinski definition) is 2. The van der Waals surface area contributed by atoms with Crippen molar-refractivity contribution in [3.05, 3.63) is 29.3 Å². The van der Waals surface area contributed by atoms with Gasteiger partial charge in [0, 0.05) is 5.69 Å². The molecule has 0 bridgehead atoms. The van der Waals surface area contributed by atoms with E-state index in [2.05, 4.69) is 18.3 Å². The van der Waals surface area contributed by atoms with E-state index in [1.165, 1.54) is 6.42 Å². The smallest absolute Gasteiger partial charge is 0.244 e. The summed E-state index contributed by atoms with van der Waals surface area (Å²) in [5.41, 5.74) is 8.76. The summed E-state index contributed by atoms with van der Waals surface area (Å²) in [7, 11) is 0. The summed E-state index contributed by atoms with van der Waals surface area (Å²) < 4.78 is 0. The monoisotopic (exact) mass is 260 g/mol. The van der Waals surface area contributed by atoms with Crippen molar-refractivity contribution in [3.63, 3.8) is 0 Å². The molecule has 0 aliphatic heterocycles. The Balaban J connectivity index is 2.11. The van der Waals surface area contributed by atoms with Crippen LogP contribution in [0.5, 0.6) is 0 Å². The van der Waals surface area contributed by atoms with E-state index in [0.717, 1.165) is 36.1 Å². The third kappa shape index (κ3) is 3.35. The van der Waals surface area contributed by atoms with Crippen LogP contribution in [0.3, 0.4) is 0 Å². The minimum absolute atomic E-state index is 0.0379. The molecule has 1 aromatic rings. The number of anilines is 1. The zero-order valence-corrected chi connectivity index (χ0v) is 12.1. The van der Waals surface area contributed by atoms with Crippen LogP contribution < -0.4 is 11.1 Å². The maximum atomic E-state index is 12.4. The van der Waals surface area contributed by atoms with Gasteiger partial charge in [0.05, 0.1) is 5.54 Å². The van der Waals surface area contributed by atoms with Crippen molar-refractivity contribution in [1.29, 1.82) is 0 Å². The second kappa shape index (κ2) is 5.33. The number of amides is 1. The summed E-state index contributed by atoms with van der Waals surface area (Å²) in [6.07, 6.45) is 3.78. The van der Waals surface area contributed by atoms with Crippen LogP contribution in [0.1, 0.15) is 43.7 Å². The van der Waals surface area contributed by atoms with Crippen molar-refractivity contribution < 1.29 is 4.79 Å². The fourth-order valence-electron chi connectivity index (χ4n) is 3.10. The van der Waals surface area contributed by atoms with Crippen LogP contribution in [-0.2, 0) is 4.79 Å². The first-order chi connectivity index (χ1) is 8.89. The highest BCUT2D eigenvalue weighted by atomic mass is 16.2. The predicted octanol–water partition coefficient (Wildman–Crippen LogP) is 3.15. The third-order valence-electron chi connectivity index (χ3n) is 3.96. The Kier molecular flexibility index (Phi) is 3.95. The Morgan fingerprint density at radius 1 is 1.32 bits per heavy atom. The molecule has 2 unspecified atom stereocenters. The molecule has 0 aromatic heterocycles. The first-order valence-corrected chi connectivity index (χ1v) is 7.08. The van der Waals surface area contributed by atoms with E-state index in [9.17, 15) is 4.79 Å². The average molecular weight is 260 g/mol. The zero-order chi connectivity index (χ0) is 14.0. The fourth-order valence-corrected chi connectivity index (χ4v) is 3.10. The van der Waals surface area contributed by atoms with Crippen molar-refractivity contribution in [3.8, 4) is 0 Å². The summed E-state index contributed by atoms with van der Waals surface area (Å²) in [6, 6.07) is 6.07.